The van der Waals surface area contributed by atoms with Gasteiger partial charge in [-0.15, -0.1) is 0 Å². The highest BCUT2D eigenvalue weighted by molar-refractivity contribution is 6.31. The van der Waals surface area contributed by atoms with E-state index in [1.165, 1.54) is 12.8 Å². The lowest BCUT2D eigenvalue weighted by molar-refractivity contribution is 0.309. The topological polar surface area (TPSA) is 28.2 Å². The molecule has 0 atom stereocenters. The molecule has 0 unspecified atom stereocenters. The summed E-state index contributed by atoms with van der Waals surface area (Å²) in [5.41, 5.74) is 0.955. The second-order valence-electron chi connectivity index (χ2n) is 4.52. The highest BCUT2D eigenvalue weighted by Crippen LogP contribution is 2.30. The number of hydrogen-bond acceptors (Lipinski definition) is 3. The van der Waals surface area contributed by atoms with Crippen LogP contribution in [0.5, 0.6) is 0 Å². The van der Waals surface area contributed by atoms with Gasteiger partial charge in [0.1, 0.15) is 5.82 Å². The zero-order valence-electron chi connectivity index (χ0n) is 9.83. The van der Waals surface area contributed by atoms with E-state index in [0.717, 1.165) is 35.5 Å². The highest BCUT2D eigenvalue weighted by Gasteiger charge is 2.23. The summed E-state index contributed by atoms with van der Waals surface area (Å²) in [5, 5.41) is 3.78. The fourth-order valence-corrected chi connectivity index (χ4v) is 1.96. The van der Waals surface area contributed by atoms with Crippen LogP contribution >= 0.6 is 11.6 Å². The van der Waals surface area contributed by atoms with Gasteiger partial charge in [-0.3, -0.25) is 0 Å². The molecular weight excluding hydrogens is 222 g/mol. The summed E-state index contributed by atoms with van der Waals surface area (Å²) in [6.07, 6.45) is 2.75. The number of rotatable bonds is 5. The Kier molecular flexibility index (Phi) is 3.66. The van der Waals surface area contributed by atoms with E-state index in [0.29, 0.717) is 0 Å². The maximum Gasteiger partial charge on any atom is 0.126 e. The molecule has 1 heterocycles. The molecule has 1 aliphatic carbocycles. The Balaban J connectivity index is 2.00. The van der Waals surface area contributed by atoms with Crippen LogP contribution in [0.15, 0.2) is 12.1 Å². The van der Waals surface area contributed by atoms with E-state index in [1.54, 1.807) is 0 Å². The Bertz CT molecular complexity index is 363. The number of nitrogens with one attached hydrogen (secondary N) is 1. The summed E-state index contributed by atoms with van der Waals surface area (Å²) < 4.78 is 0. The minimum absolute atomic E-state index is 0.752. The standard InChI is InChI=1S/C12H18ClN3/c1-14-12-6-5-10(13)11(15-12)8-16(2)7-9-3-4-9/h5-6,9H,3-4,7-8H2,1-2H3,(H,14,15). The molecule has 1 aliphatic rings. The van der Waals surface area contributed by atoms with Crippen molar-refractivity contribution in [1.82, 2.24) is 9.88 Å². The second-order valence-corrected chi connectivity index (χ2v) is 4.92. The third kappa shape index (κ3) is 3.09. The number of anilines is 1. The average Bonchev–Trinajstić information content (AvgIpc) is 3.05. The Labute approximate surface area is 102 Å². The molecule has 0 aliphatic heterocycles. The first kappa shape index (κ1) is 11.7. The van der Waals surface area contributed by atoms with Crippen molar-refractivity contribution in [3.63, 3.8) is 0 Å². The molecule has 1 fully saturated rings. The van der Waals surface area contributed by atoms with Crippen molar-refractivity contribution in [3.8, 4) is 0 Å². The minimum Gasteiger partial charge on any atom is -0.373 e. The molecule has 0 bridgehead atoms. The van der Waals surface area contributed by atoms with Gasteiger partial charge in [0.25, 0.3) is 0 Å². The SMILES string of the molecule is CNc1ccc(Cl)c(CN(C)CC2CC2)n1. The molecule has 1 saturated carbocycles. The van der Waals surface area contributed by atoms with Gasteiger partial charge in [0, 0.05) is 20.1 Å². The van der Waals surface area contributed by atoms with Crippen molar-refractivity contribution in [1.29, 1.82) is 0 Å². The third-order valence-corrected chi connectivity index (χ3v) is 3.21. The normalized spacial score (nSPS) is 15.5. The molecular formula is C12H18ClN3. The van der Waals surface area contributed by atoms with E-state index in [9.17, 15) is 0 Å². The number of nitrogens with zero attached hydrogens (tertiary/aromatic N) is 2. The van der Waals surface area contributed by atoms with E-state index in [-0.39, 0.29) is 0 Å². The molecule has 0 saturated heterocycles. The molecule has 3 nitrogen and oxygen atoms in total. The summed E-state index contributed by atoms with van der Waals surface area (Å²) >= 11 is 6.13. The van der Waals surface area contributed by atoms with Crippen molar-refractivity contribution in [2.75, 3.05) is 26.0 Å². The summed E-state index contributed by atoms with van der Waals surface area (Å²) in [4.78, 5) is 6.77. The van der Waals surface area contributed by atoms with E-state index in [2.05, 4.69) is 22.2 Å². The smallest absolute Gasteiger partial charge is 0.126 e. The zero-order chi connectivity index (χ0) is 11.5. The minimum atomic E-state index is 0.752. The molecule has 1 aromatic rings. The van der Waals surface area contributed by atoms with Gasteiger partial charge in [0.2, 0.25) is 0 Å². The number of hydrogen-bond donors (Lipinski definition) is 1. The Morgan fingerprint density at radius 1 is 1.50 bits per heavy atom. The molecule has 0 aromatic carbocycles. The van der Waals surface area contributed by atoms with Gasteiger partial charge in [0.15, 0.2) is 0 Å². The summed E-state index contributed by atoms with van der Waals surface area (Å²) in [5.74, 6) is 1.77. The van der Waals surface area contributed by atoms with Crippen LogP contribution in [0.25, 0.3) is 0 Å². The molecule has 2 rings (SSSR count). The van der Waals surface area contributed by atoms with Gasteiger partial charge in [-0.05, 0) is 37.9 Å². The van der Waals surface area contributed by atoms with Crippen molar-refractivity contribution in [3.05, 3.63) is 22.8 Å². The lowest BCUT2D eigenvalue weighted by atomic mass is 10.3. The maximum atomic E-state index is 6.13. The van der Waals surface area contributed by atoms with Crippen LogP contribution in [0.2, 0.25) is 5.02 Å². The lowest BCUT2D eigenvalue weighted by Crippen LogP contribution is -2.21. The second kappa shape index (κ2) is 5.02. The van der Waals surface area contributed by atoms with E-state index < -0.39 is 0 Å². The molecule has 0 spiro atoms. The van der Waals surface area contributed by atoms with Crippen molar-refractivity contribution in [2.45, 2.75) is 19.4 Å². The van der Waals surface area contributed by atoms with Crippen LogP contribution in [0, 0.1) is 5.92 Å². The van der Waals surface area contributed by atoms with Crippen LogP contribution in [0.4, 0.5) is 5.82 Å². The molecule has 16 heavy (non-hydrogen) atoms. The zero-order valence-corrected chi connectivity index (χ0v) is 10.6. The van der Waals surface area contributed by atoms with Gasteiger partial charge in [-0.1, -0.05) is 11.6 Å². The van der Waals surface area contributed by atoms with E-state index in [1.807, 2.05) is 19.2 Å². The Morgan fingerprint density at radius 3 is 2.88 bits per heavy atom. The quantitative estimate of drug-likeness (QED) is 0.856. The largest absolute Gasteiger partial charge is 0.373 e. The number of pyridine rings is 1. The van der Waals surface area contributed by atoms with Crippen molar-refractivity contribution < 1.29 is 0 Å². The van der Waals surface area contributed by atoms with Crippen LogP contribution in [0.1, 0.15) is 18.5 Å². The maximum absolute atomic E-state index is 6.13. The van der Waals surface area contributed by atoms with Gasteiger partial charge in [-0.25, -0.2) is 4.98 Å². The predicted octanol–water partition coefficient (Wildman–Crippen LogP) is 2.62. The molecule has 0 amide bonds. The summed E-state index contributed by atoms with van der Waals surface area (Å²) in [6.45, 7) is 1.98. The molecule has 0 radical (unpaired) electrons. The Hall–Kier alpha value is -0.800. The Morgan fingerprint density at radius 2 is 2.25 bits per heavy atom. The molecule has 1 N–H and O–H groups in total. The third-order valence-electron chi connectivity index (χ3n) is 2.86. The lowest BCUT2D eigenvalue weighted by Gasteiger charge is -2.16. The van der Waals surface area contributed by atoms with Crippen LogP contribution in [0.3, 0.4) is 0 Å². The number of halogens is 1. The monoisotopic (exact) mass is 239 g/mol. The molecule has 88 valence electrons. The fourth-order valence-electron chi connectivity index (χ4n) is 1.80. The van der Waals surface area contributed by atoms with Gasteiger partial charge < -0.3 is 10.2 Å². The van der Waals surface area contributed by atoms with Crippen LogP contribution in [-0.2, 0) is 6.54 Å². The van der Waals surface area contributed by atoms with Gasteiger partial charge >= 0.3 is 0 Å². The van der Waals surface area contributed by atoms with Gasteiger partial charge in [0.05, 0.1) is 10.7 Å². The summed E-state index contributed by atoms with van der Waals surface area (Å²) in [7, 11) is 4.00. The van der Waals surface area contributed by atoms with Gasteiger partial charge in [-0.2, -0.15) is 0 Å². The first-order valence-corrected chi connectivity index (χ1v) is 6.08. The molecule has 1 aromatic heterocycles. The van der Waals surface area contributed by atoms with E-state index >= 15 is 0 Å². The van der Waals surface area contributed by atoms with Crippen molar-refractivity contribution >= 4 is 17.4 Å². The number of aromatic nitrogens is 1. The first-order chi connectivity index (χ1) is 7.69. The average molecular weight is 240 g/mol. The van der Waals surface area contributed by atoms with Crippen LogP contribution < -0.4 is 5.32 Å². The highest BCUT2D eigenvalue weighted by atomic mass is 35.5. The predicted molar refractivity (Wildman–Crippen MR) is 67.9 cm³/mol. The van der Waals surface area contributed by atoms with Crippen LogP contribution in [-0.4, -0.2) is 30.5 Å². The summed E-state index contributed by atoms with van der Waals surface area (Å²) in [6, 6.07) is 3.80. The fraction of sp³-hybridized carbons (Fsp3) is 0.583. The van der Waals surface area contributed by atoms with Crippen molar-refractivity contribution in [2.24, 2.45) is 5.92 Å². The molecule has 4 heteroatoms. The van der Waals surface area contributed by atoms with E-state index in [4.69, 9.17) is 11.6 Å². The first-order valence-electron chi connectivity index (χ1n) is 5.70.